The standard InChI is InChI=1S/C19H32N4O3S.ClH/c1-5-21-17-9-8-16(27(25,26)23(3)4)12-18(17)22-19(24)11-14(2)15-7-6-10-20-13-15;/h8-9,12,14-15,20-21H,5-7,10-11,13H2,1-4H3,(H,22,24);1H. The van der Waals surface area contributed by atoms with Crippen LogP contribution in [-0.2, 0) is 14.8 Å². The zero-order valence-electron chi connectivity index (χ0n) is 17.1. The molecule has 1 fully saturated rings. The van der Waals surface area contributed by atoms with E-state index in [1.807, 2.05) is 6.92 Å². The van der Waals surface area contributed by atoms with Crippen LogP contribution >= 0.6 is 12.4 Å². The number of carbonyl (C=O) groups excluding carboxylic acids is 1. The minimum absolute atomic E-state index is 0. The Morgan fingerprint density at radius 3 is 2.61 bits per heavy atom. The van der Waals surface area contributed by atoms with Crippen LogP contribution in [0.2, 0.25) is 0 Å². The van der Waals surface area contributed by atoms with Crippen molar-refractivity contribution in [1.82, 2.24) is 9.62 Å². The van der Waals surface area contributed by atoms with Crippen molar-refractivity contribution in [2.75, 3.05) is 44.4 Å². The Morgan fingerprint density at radius 1 is 1.32 bits per heavy atom. The molecule has 1 aromatic carbocycles. The highest BCUT2D eigenvalue weighted by atomic mass is 35.5. The molecular formula is C19H33ClN4O3S. The maximum absolute atomic E-state index is 12.6. The van der Waals surface area contributed by atoms with E-state index in [4.69, 9.17) is 0 Å². The summed E-state index contributed by atoms with van der Waals surface area (Å²) in [5.74, 6) is 0.680. The van der Waals surface area contributed by atoms with E-state index < -0.39 is 10.0 Å². The van der Waals surface area contributed by atoms with Crippen molar-refractivity contribution >= 4 is 39.7 Å². The number of halogens is 1. The lowest BCUT2D eigenvalue weighted by Crippen LogP contribution is -2.34. The average molecular weight is 433 g/mol. The first-order valence-electron chi connectivity index (χ1n) is 9.56. The number of carbonyl (C=O) groups is 1. The molecule has 1 heterocycles. The van der Waals surface area contributed by atoms with Gasteiger partial charge in [0.2, 0.25) is 15.9 Å². The summed E-state index contributed by atoms with van der Waals surface area (Å²) in [6.07, 6.45) is 2.70. The molecule has 28 heavy (non-hydrogen) atoms. The molecule has 0 bridgehead atoms. The van der Waals surface area contributed by atoms with Crippen molar-refractivity contribution < 1.29 is 13.2 Å². The van der Waals surface area contributed by atoms with Crippen LogP contribution in [0.4, 0.5) is 11.4 Å². The molecule has 0 radical (unpaired) electrons. The van der Waals surface area contributed by atoms with E-state index in [1.54, 1.807) is 12.1 Å². The van der Waals surface area contributed by atoms with Crippen LogP contribution in [0.25, 0.3) is 0 Å². The average Bonchev–Trinajstić information content (AvgIpc) is 2.63. The van der Waals surface area contributed by atoms with Crippen LogP contribution < -0.4 is 16.0 Å². The molecule has 1 aromatic rings. The van der Waals surface area contributed by atoms with Gasteiger partial charge in [0.15, 0.2) is 0 Å². The van der Waals surface area contributed by atoms with Gasteiger partial charge in [-0.25, -0.2) is 12.7 Å². The van der Waals surface area contributed by atoms with E-state index in [2.05, 4.69) is 22.9 Å². The van der Waals surface area contributed by atoms with E-state index in [-0.39, 0.29) is 29.1 Å². The van der Waals surface area contributed by atoms with Gasteiger partial charge in [0.1, 0.15) is 0 Å². The number of benzene rings is 1. The van der Waals surface area contributed by atoms with E-state index >= 15 is 0 Å². The highest BCUT2D eigenvalue weighted by Crippen LogP contribution is 2.28. The summed E-state index contributed by atoms with van der Waals surface area (Å²) in [4.78, 5) is 12.8. The number of hydrogen-bond donors (Lipinski definition) is 3. The summed E-state index contributed by atoms with van der Waals surface area (Å²) >= 11 is 0. The highest BCUT2D eigenvalue weighted by molar-refractivity contribution is 7.89. The van der Waals surface area contributed by atoms with Gasteiger partial charge >= 0.3 is 0 Å². The van der Waals surface area contributed by atoms with Crippen molar-refractivity contribution in [2.45, 2.75) is 38.0 Å². The van der Waals surface area contributed by atoms with Crippen molar-refractivity contribution in [3.8, 4) is 0 Å². The summed E-state index contributed by atoms with van der Waals surface area (Å²) < 4.78 is 26.0. The van der Waals surface area contributed by atoms with E-state index in [0.717, 1.165) is 31.6 Å². The number of nitrogens with zero attached hydrogens (tertiary/aromatic N) is 1. The van der Waals surface area contributed by atoms with E-state index in [9.17, 15) is 13.2 Å². The van der Waals surface area contributed by atoms with Crippen LogP contribution in [0.15, 0.2) is 23.1 Å². The zero-order valence-corrected chi connectivity index (χ0v) is 18.8. The van der Waals surface area contributed by atoms with Gasteiger partial charge in [-0.15, -0.1) is 12.4 Å². The van der Waals surface area contributed by atoms with Gasteiger partial charge in [0.05, 0.1) is 16.3 Å². The monoisotopic (exact) mass is 432 g/mol. The highest BCUT2D eigenvalue weighted by Gasteiger charge is 2.23. The number of piperidine rings is 1. The molecule has 0 aliphatic carbocycles. The van der Waals surface area contributed by atoms with Gasteiger partial charge < -0.3 is 16.0 Å². The van der Waals surface area contributed by atoms with Gasteiger partial charge in [-0.1, -0.05) is 6.92 Å². The van der Waals surface area contributed by atoms with Crippen molar-refractivity contribution in [1.29, 1.82) is 0 Å². The van der Waals surface area contributed by atoms with Crippen LogP contribution in [0, 0.1) is 11.8 Å². The van der Waals surface area contributed by atoms with Crippen LogP contribution in [0.1, 0.15) is 33.1 Å². The third-order valence-electron chi connectivity index (χ3n) is 5.06. The fourth-order valence-corrected chi connectivity index (χ4v) is 4.30. The minimum Gasteiger partial charge on any atom is -0.384 e. The first-order chi connectivity index (χ1) is 12.8. The fraction of sp³-hybridized carbons (Fsp3) is 0.632. The van der Waals surface area contributed by atoms with Crippen molar-refractivity contribution in [3.63, 3.8) is 0 Å². The second-order valence-corrected chi connectivity index (χ2v) is 9.51. The number of sulfonamides is 1. The maximum Gasteiger partial charge on any atom is 0.242 e. The zero-order chi connectivity index (χ0) is 20.0. The smallest absolute Gasteiger partial charge is 0.242 e. The molecule has 9 heteroatoms. The van der Waals surface area contributed by atoms with E-state index in [0.29, 0.717) is 24.6 Å². The third kappa shape index (κ3) is 6.34. The lowest BCUT2D eigenvalue weighted by molar-refractivity contribution is -0.117. The second-order valence-electron chi connectivity index (χ2n) is 7.36. The van der Waals surface area contributed by atoms with Gasteiger partial charge in [-0.3, -0.25) is 4.79 Å². The Hall–Kier alpha value is -1.35. The number of nitrogens with one attached hydrogen (secondary N) is 3. The van der Waals surface area contributed by atoms with Gasteiger partial charge in [0.25, 0.3) is 0 Å². The van der Waals surface area contributed by atoms with Crippen LogP contribution in [0.5, 0.6) is 0 Å². The Kier molecular flexibility index (Phi) is 9.69. The first kappa shape index (κ1) is 24.7. The SMILES string of the molecule is CCNc1ccc(S(=O)(=O)N(C)C)cc1NC(=O)CC(C)C1CCCNC1.Cl. The van der Waals surface area contributed by atoms with E-state index in [1.165, 1.54) is 24.5 Å². The predicted molar refractivity (Wildman–Crippen MR) is 117 cm³/mol. The third-order valence-corrected chi connectivity index (χ3v) is 6.87. The molecule has 1 amide bonds. The molecule has 2 atom stereocenters. The topological polar surface area (TPSA) is 90.5 Å². The summed E-state index contributed by atoms with van der Waals surface area (Å²) in [6, 6.07) is 4.78. The minimum atomic E-state index is -3.56. The number of amides is 1. The van der Waals surface area contributed by atoms with Crippen LogP contribution in [0.3, 0.4) is 0 Å². The summed E-state index contributed by atoms with van der Waals surface area (Å²) in [5.41, 5.74) is 1.22. The van der Waals surface area contributed by atoms with Crippen LogP contribution in [-0.4, -0.2) is 52.4 Å². The predicted octanol–water partition coefficient (Wildman–Crippen LogP) is 2.75. The summed E-state index contributed by atoms with van der Waals surface area (Å²) in [5, 5.41) is 9.47. The summed E-state index contributed by atoms with van der Waals surface area (Å²) in [7, 11) is -0.578. The molecule has 0 saturated carbocycles. The fourth-order valence-electron chi connectivity index (χ4n) is 3.37. The van der Waals surface area contributed by atoms with Crippen molar-refractivity contribution in [3.05, 3.63) is 18.2 Å². The Balaban J connectivity index is 0.00000392. The molecule has 0 aromatic heterocycles. The second kappa shape index (κ2) is 11.0. The quantitative estimate of drug-likeness (QED) is 0.587. The largest absolute Gasteiger partial charge is 0.384 e. The molecule has 160 valence electrons. The molecule has 3 N–H and O–H groups in total. The first-order valence-corrected chi connectivity index (χ1v) is 11.0. The lowest BCUT2D eigenvalue weighted by atomic mass is 9.85. The lowest BCUT2D eigenvalue weighted by Gasteiger charge is -2.28. The van der Waals surface area contributed by atoms with Gasteiger partial charge in [-0.05, 0) is 62.9 Å². The number of rotatable bonds is 8. The Labute approximate surface area is 175 Å². The molecule has 1 aliphatic rings. The molecule has 1 saturated heterocycles. The normalized spacial score (nSPS) is 18.2. The Bertz CT molecular complexity index is 750. The van der Waals surface area contributed by atoms with Crippen molar-refractivity contribution in [2.24, 2.45) is 11.8 Å². The molecule has 7 nitrogen and oxygen atoms in total. The molecule has 2 unspecified atom stereocenters. The van der Waals surface area contributed by atoms with Gasteiger partial charge in [-0.2, -0.15) is 0 Å². The maximum atomic E-state index is 12.6. The molecule has 2 rings (SSSR count). The molecule has 0 spiro atoms. The number of anilines is 2. The molecular weight excluding hydrogens is 400 g/mol. The van der Waals surface area contributed by atoms with Gasteiger partial charge in [0, 0.05) is 27.1 Å². The Morgan fingerprint density at radius 2 is 2.04 bits per heavy atom. The summed E-state index contributed by atoms with van der Waals surface area (Å²) in [6.45, 7) is 6.73. The number of hydrogen-bond acceptors (Lipinski definition) is 5. The molecule has 1 aliphatic heterocycles.